The summed E-state index contributed by atoms with van der Waals surface area (Å²) in [6.07, 6.45) is 3.19. The summed E-state index contributed by atoms with van der Waals surface area (Å²) in [5.41, 5.74) is 9.76. The molecule has 1 unspecified atom stereocenters. The van der Waals surface area contributed by atoms with E-state index in [9.17, 15) is 0 Å². The van der Waals surface area contributed by atoms with Crippen molar-refractivity contribution in [3.8, 4) is 0 Å². The van der Waals surface area contributed by atoms with Crippen molar-refractivity contribution in [3.63, 3.8) is 0 Å². The van der Waals surface area contributed by atoms with Crippen LogP contribution in [0.4, 0.5) is 0 Å². The second-order valence-electron chi connectivity index (χ2n) is 6.19. The normalized spacial score (nSPS) is 35.0. The van der Waals surface area contributed by atoms with Gasteiger partial charge in [0.05, 0.1) is 6.61 Å². The molecule has 3 rings (SSSR count). The van der Waals surface area contributed by atoms with Crippen LogP contribution in [0.3, 0.4) is 0 Å². The Kier molecular flexibility index (Phi) is 3.41. The maximum atomic E-state index is 8.56. The molecule has 1 spiro atoms. The topological polar surface area (TPSA) is 61.3 Å². The lowest BCUT2D eigenvalue weighted by Crippen LogP contribution is -2.38. The molecule has 0 N–H and O–H groups in total. The van der Waals surface area contributed by atoms with Crippen LogP contribution in [0.5, 0.6) is 0 Å². The van der Waals surface area contributed by atoms with E-state index in [1.807, 2.05) is 12.1 Å². The molecule has 0 amide bonds. The van der Waals surface area contributed by atoms with Gasteiger partial charge in [0.25, 0.3) is 0 Å². The van der Waals surface area contributed by atoms with Crippen molar-refractivity contribution in [1.82, 2.24) is 0 Å². The molecular weight excluding hydrogens is 274 g/mol. The quantitative estimate of drug-likeness (QED) is 0.351. The summed E-state index contributed by atoms with van der Waals surface area (Å²) in [6.45, 7) is 3.51. The lowest BCUT2D eigenvalue weighted by Gasteiger charge is -2.30. The monoisotopic (exact) mass is 291 g/mol. The van der Waals surface area contributed by atoms with Crippen molar-refractivity contribution >= 4 is 11.6 Å². The molecule has 3 atom stereocenters. The van der Waals surface area contributed by atoms with Crippen LogP contribution < -0.4 is 0 Å². The number of halogens is 1. The predicted molar refractivity (Wildman–Crippen MR) is 78.7 cm³/mol. The fraction of sp³-hybridized carbons (Fsp3) is 0.600. The van der Waals surface area contributed by atoms with Gasteiger partial charge in [-0.1, -0.05) is 35.8 Å². The average molecular weight is 292 g/mol. The van der Waals surface area contributed by atoms with Gasteiger partial charge in [0, 0.05) is 21.9 Å². The van der Waals surface area contributed by atoms with E-state index in [0.29, 0.717) is 12.5 Å². The second kappa shape index (κ2) is 4.96. The van der Waals surface area contributed by atoms with Gasteiger partial charge in [-0.25, -0.2) is 0 Å². The third-order valence-electron chi connectivity index (χ3n) is 5.06. The largest absolute Gasteiger partial charge is 0.369 e. The van der Waals surface area contributed by atoms with Gasteiger partial charge in [-0.05, 0) is 48.4 Å². The third kappa shape index (κ3) is 2.18. The Hall–Kier alpha value is -1.22. The number of ether oxygens (including phenoxy) is 1. The van der Waals surface area contributed by atoms with Crippen LogP contribution in [-0.4, -0.2) is 18.8 Å². The van der Waals surface area contributed by atoms with Crippen LogP contribution in [-0.2, 0) is 11.2 Å². The van der Waals surface area contributed by atoms with Gasteiger partial charge in [-0.2, -0.15) is 0 Å². The number of hydrogen-bond acceptors (Lipinski definition) is 2. The summed E-state index contributed by atoms with van der Waals surface area (Å²) in [5.74, 6) is 0.502. The molecule has 0 radical (unpaired) electrons. The number of benzene rings is 1. The summed E-state index contributed by atoms with van der Waals surface area (Å²) >= 11 is 5.93. The lowest BCUT2D eigenvalue weighted by atomic mass is 9.75. The fourth-order valence-electron chi connectivity index (χ4n) is 3.66. The Bertz CT molecular complexity index is 549. The Morgan fingerprint density at radius 1 is 1.45 bits per heavy atom. The highest BCUT2D eigenvalue weighted by molar-refractivity contribution is 6.30. The molecule has 1 aliphatic carbocycles. The first-order valence-corrected chi connectivity index (χ1v) is 7.37. The molecule has 2 aliphatic rings. The van der Waals surface area contributed by atoms with Gasteiger partial charge in [0.2, 0.25) is 0 Å². The van der Waals surface area contributed by atoms with E-state index >= 15 is 0 Å². The zero-order valence-electron chi connectivity index (χ0n) is 11.6. The molecule has 20 heavy (non-hydrogen) atoms. The van der Waals surface area contributed by atoms with E-state index in [0.717, 1.165) is 30.9 Å². The Morgan fingerprint density at radius 3 is 2.75 bits per heavy atom. The Morgan fingerprint density at radius 2 is 2.15 bits per heavy atom. The average Bonchev–Trinajstić information content (AvgIpc) is 3.20. The van der Waals surface area contributed by atoms with Crippen LogP contribution in [0.2, 0.25) is 5.02 Å². The van der Waals surface area contributed by atoms with E-state index in [-0.39, 0.29) is 11.0 Å². The van der Waals surface area contributed by atoms with E-state index in [1.165, 1.54) is 5.56 Å². The summed E-state index contributed by atoms with van der Waals surface area (Å²) in [4.78, 5) is 2.91. The van der Waals surface area contributed by atoms with Crippen molar-refractivity contribution in [2.75, 3.05) is 13.2 Å². The molecule has 106 valence electrons. The minimum absolute atomic E-state index is 0.0175. The minimum Gasteiger partial charge on any atom is -0.369 e. The van der Waals surface area contributed by atoms with Crippen molar-refractivity contribution in [2.45, 2.75) is 31.8 Å². The molecule has 0 aromatic heterocycles. The molecule has 1 aliphatic heterocycles. The number of rotatable bonds is 4. The molecule has 1 aromatic carbocycles. The summed E-state index contributed by atoms with van der Waals surface area (Å²) in [7, 11) is 0. The maximum Gasteiger partial charge on any atom is 0.100 e. The number of nitrogens with zero attached hydrogens (tertiary/aromatic N) is 3. The number of hydrogen-bond donors (Lipinski definition) is 0. The van der Waals surface area contributed by atoms with E-state index in [1.54, 1.807) is 0 Å². The minimum atomic E-state index is -0.0825. The first-order valence-electron chi connectivity index (χ1n) is 6.99. The highest BCUT2D eigenvalue weighted by atomic mass is 35.5. The van der Waals surface area contributed by atoms with Gasteiger partial charge in [-0.15, -0.1) is 0 Å². The summed E-state index contributed by atoms with van der Waals surface area (Å²) in [6, 6.07) is 8.04. The molecule has 4 nitrogen and oxygen atoms in total. The van der Waals surface area contributed by atoms with Crippen molar-refractivity contribution in [1.29, 1.82) is 0 Å². The zero-order valence-corrected chi connectivity index (χ0v) is 12.3. The maximum absolute atomic E-state index is 8.56. The van der Waals surface area contributed by atoms with Crippen LogP contribution in [0.1, 0.15) is 25.3 Å². The van der Waals surface area contributed by atoms with Crippen LogP contribution in [0.25, 0.3) is 10.4 Å². The van der Waals surface area contributed by atoms with Gasteiger partial charge >= 0.3 is 0 Å². The summed E-state index contributed by atoms with van der Waals surface area (Å²) < 4.78 is 5.87. The zero-order chi connectivity index (χ0) is 14.2. The smallest absolute Gasteiger partial charge is 0.100 e. The standard InChI is InChI=1S/C15H18ClN3O/c1-14(9-18-19-17)7-6-12(15(14)10-20-15)8-11-2-4-13(16)5-3-11/h2-5,12H,6-10H2,1H3/t12-,14?,15-/m1/s1. The van der Waals surface area contributed by atoms with E-state index in [2.05, 4.69) is 29.1 Å². The molecular formula is C15H18ClN3O. The van der Waals surface area contributed by atoms with Crippen LogP contribution in [0, 0.1) is 11.3 Å². The summed E-state index contributed by atoms with van der Waals surface area (Å²) in [5, 5.41) is 4.57. The first kappa shape index (κ1) is 13.7. The second-order valence-corrected chi connectivity index (χ2v) is 6.63. The van der Waals surface area contributed by atoms with Crippen molar-refractivity contribution < 1.29 is 4.74 Å². The van der Waals surface area contributed by atoms with E-state index in [4.69, 9.17) is 21.9 Å². The number of azide groups is 1. The highest BCUT2D eigenvalue weighted by Crippen LogP contribution is 2.60. The molecule has 1 saturated carbocycles. The molecule has 1 aromatic rings. The van der Waals surface area contributed by atoms with Crippen LogP contribution in [0.15, 0.2) is 29.4 Å². The van der Waals surface area contributed by atoms with E-state index < -0.39 is 0 Å². The van der Waals surface area contributed by atoms with Crippen molar-refractivity contribution in [3.05, 3.63) is 45.3 Å². The SMILES string of the molecule is CC1(CN=[N+]=[N-])CC[C@H](Cc2ccc(Cl)cc2)[C@]12CO2. The first-order chi connectivity index (χ1) is 9.60. The molecule has 1 heterocycles. The third-order valence-corrected chi connectivity index (χ3v) is 5.31. The molecule has 5 heteroatoms. The van der Waals surface area contributed by atoms with Crippen LogP contribution >= 0.6 is 11.6 Å². The molecule has 2 fully saturated rings. The molecule has 1 saturated heterocycles. The van der Waals surface area contributed by atoms with Gasteiger partial charge in [0.1, 0.15) is 5.60 Å². The van der Waals surface area contributed by atoms with Crippen molar-refractivity contribution in [2.24, 2.45) is 16.4 Å². The van der Waals surface area contributed by atoms with Gasteiger partial charge < -0.3 is 4.74 Å². The van der Waals surface area contributed by atoms with Gasteiger partial charge in [-0.3, -0.25) is 0 Å². The Balaban J connectivity index is 1.76. The predicted octanol–water partition coefficient (Wildman–Crippen LogP) is 4.38. The lowest BCUT2D eigenvalue weighted by molar-refractivity contribution is 0.126. The fourth-order valence-corrected chi connectivity index (χ4v) is 3.79. The highest BCUT2D eigenvalue weighted by Gasteiger charge is 2.66. The number of epoxide rings is 1. The Labute approximate surface area is 123 Å². The van der Waals surface area contributed by atoms with Gasteiger partial charge in [0.15, 0.2) is 0 Å². The molecule has 0 bridgehead atoms.